The average molecular weight is 304 g/mol. The summed E-state index contributed by atoms with van der Waals surface area (Å²) in [5.74, 6) is 0.0222. The maximum atomic E-state index is 11.8. The number of hydrogen-bond acceptors (Lipinski definition) is 2. The first-order valence-electron chi connectivity index (χ1n) is 6.81. The molecule has 5 heteroatoms. The summed E-state index contributed by atoms with van der Waals surface area (Å²) in [6, 6.07) is 7.62. The van der Waals surface area contributed by atoms with Crippen molar-refractivity contribution in [2.24, 2.45) is 0 Å². The average Bonchev–Trinajstić information content (AvgIpc) is 3.01. The minimum atomic E-state index is -0.00236. The fourth-order valence-corrected chi connectivity index (χ4v) is 2.19. The Labute approximate surface area is 129 Å². The molecule has 1 aromatic carbocycles. The summed E-state index contributed by atoms with van der Waals surface area (Å²) in [6.45, 7) is 4.13. The zero-order valence-electron chi connectivity index (χ0n) is 11.7. The molecule has 1 aromatic heterocycles. The second kappa shape index (κ2) is 7.64. The van der Waals surface area contributed by atoms with Crippen LogP contribution in [0.2, 0.25) is 5.02 Å². The topological polar surface area (TPSA) is 46.9 Å². The van der Waals surface area contributed by atoms with Crippen molar-refractivity contribution in [3.05, 3.63) is 66.2 Å². The summed E-state index contributed by atoms with van der Waals surface area (Å²) in [4.78, 5) is 15.8. The molecular formula is C16H18ClN3O. The van der Waals surface area contributed by atoms with Crippen LogP contribution < -0.4 is 5.32 Å². The molecule has 0 radical (unpaired) electrons. The van der Waals surface area contributed by atoms with Crippen LogP contribution in [0.15, 0.2) is 55.6 Å². The Morgan fingerprint density at radius 3 is 2.81 bits per heavy atom. The lowest BCUT2D eigenvalue weighted by atomic mass is 10.1. The summed E-state index contributed by atoms with van der Waals surface area (Å²) in [5.41, 5.74) is 1.07. The van der Waals surface area contributed by atoms with Gasteiger partial charge in [-0.2, -0.15) is 0 Å². The fraction of sp³-hybridized carbons (Fsp3) is 0.250. The van der Waals surface area contributed by atoms with Crippen molar-refractivity contribution in [3.8, 4) is 0 Å². The van der Waals surface area contributed by atoms with Crippen LogP contribution in [0.3, 0.4) is 0 Å². The van der Waals surface area contributed by atoms with Crippen molar-refractivity contribution in [2.45, 2.75) is 18.9 Å². The van der Waals surface area contributed by atoms with E-state index >= 15 is 0 Å². The lowest BCUT2D eigenvalue weighted by molar-refractivity contribution is -0.121. The van der Waals surface area contributed by atoms with E-state index in [-0.39, 0.29) is 11.9 Å². The quantitative estimate of drug-likeness (QED) is 0.798. The van der Waals surface area contributed by atoms with E-state index < -0.39 is 0 Å². The van der Waals surface area contributed by atoms with E-state index in [1.165, 1.54) is 0 Å². The van der Waals surface area contributed by atoms with Gasteiger partial charge >= 0.3 is 0 Å². The Balaban J connectivity index is 2.08. The van der Waals surface area contributed by atoms with Crippen LogP contribution >= 0.6 is 11.6 Å². The molecule has 0 saturated carbocycles. The van der Waals surface area contributed by atoms with Gasteiger partial charge < -0.3 is 9.88 Å². The second-order valence-corrected chi connectivity index (χ2v) is 5.15. The minimum absolute atomic E-state index is 0.00236. The van der Waals surface area contributed by atoms with Gasteiger partial charge in [0.2, 0.25) is 5.91 Å². The summed E-state index contributed by atoms with van der Waals surface area (Å²) < 4.78 is 1.97. The Hall–Kier alpha value is -2.07. The Bertz CT molecular complexity index is 578. The largest absolute Gasteiger partial charge is 0.354 e. The molecule has 1 heterocycles. The van der Waals surface area contributed by atoms with Crippen LogP contribution in [0.5, 0.6) is 0 Å². The van der Waals surface area contributed by atoms with Gasteiger partial charge in [0.05, 0.1) is 12.4 Å². The summed E-state index contributed by atoms with van der Waals surface area (Å²) in [5, 5.41) is 3.64. The molecular weight excluding hydrogens is 286 g/mol. The number of amides is 1. The molecule has 0 unspecified atom stereocenters. The van der Waals surface area contributed by atoms with E-state index in [1.54, 1.807) is 18.6 Å². The number of carbonyl (C=O) groups is 1. The molecule has 1 amide bonds. The molecule has 2 rings (SSSR count). The second-order valence-electron chi connectivity index (χ2n) is 4.71. The van der Waals surface area contributed by atoms with Gasteiger partial charge in [-0.1, -0.05) is 29.8 Å². The van der Waals surface area contributed by atoms with Crippen LogP contribution in [0.25, 0.3) is 0 Å². The smallest absolute Gasteiger partial charge is 0.220 e. The van der Waals surface area contributed by atoms with E-state index in [1.807, 2.05) is 35.0 Å². The van der Waals surface area contributed by atoms with Crippen molar-refractivity contribution in [3.63, 3.8) is 0 Å². The first-order chi connectivity index (χ1) is 10.2. The number of halogens is 1. The summed E-state index contributed by atoms with van der Waals surface area (Å²) in [7, 11) is 0. The highest BCUT2D eigenvalue weighted by atomic mass is 35.5. The standard InChI is InChI=1S/C16H18ClN3O/c1-2-3-4-16(21)19-11-15(20-10-9-18-12-20)13-5-7-14(17)8-6-13/h2,5-10,12,15H,1,3-4,11H2,(H,19,21)/t15-/m1/s1. The lowest BCUT2D eigenvalue weighted by Gasteiger charge is -2.19. The van der Waals surface area contributed by atoms with Crippen molar-refractivity contribution < 1.29 is 4.79 Å². The highest BCUT2D eigenvalue weighted by molar-refractivity contribution is 6.30. The minimum Gasteiger partial charge on any atom is -0.354 e. The number of benzene rings is 1. The predicted molar refractivity (Wildman–Crippen MR) is 84.3 cm³/mol. The van der Waals surface area contributed by atoms with Gasteiger partial charge in [0, 0.05) is 30.4 Å². The van der Waals surface area contributed by atoms with Crippen molar-refractivity contribution in [2.75, 3.05) is 6.54 Å². The molecule has 0 aliphatic rings. The van der Waals surface area contributed by atoms with E-state index in [0.29, 0.717) is 24.4 Å². The van der Waals surface area contributed by atoms with Crippen LogP contribution in [0.4, 0.5) is 0 Å². The number of rotatable bonds is 7. The highest BCUT2D eigenvalue weighted by Gasteiger charge is 2.14. The van der Waals surface area contributed by atoms with Crippen molar-refractivity contribution in [1.82, 2.24) is 14.9 Å². The maximum absolute atomic E-state index is 11.8. The molecule has 4 nitrogen and oxygen atoms in total. The Kier molecular flexibility index (Phi) is 5.58. The molecule has 0 aliphatic heterocycles. The third-order valence-electron chi connectivity index (χ3n) is 3.21. The number of aromatic nitrogens is 2. The fourth-order valence-electron chi connectivity index (χ4n) is 2.07. The molecule has 21 heavy (non-hydrogen) atoms. The molecule has 0 saturated heterocycles. The number of imidazole rings is 1. The van der Waals surface area contributed by atoms with Gasteiger partial charge in [-0.05, 0) is 24.1 Å². The van der Waals surface area contributed by atoms with Gasteiger partial charge in [-0.3, -0.25) is 4.79 Å². The van der Waals surface area contributed by atoms with Crippen LogP contribution in [0.1, 0.15) is 24.4 Å². The highest BCUT2D eigenvalue weighted by Crippen LogP contribution is 2.20. The number of nitrogens with zero attached hydrogens (tertiary/aromatic N) is 2. The molecule has 1 atom stereocenters. The number of allylic oxidation sites excluding steroid dienone is 1. The van der Waals surface area contributed by atoms with E-state index in [0.717, 1.165) is 5.56 Å². The molecule has 0 fully saturated rings. The van der Waals surface area contributed by atoms with Gasteiger partial charge in [-0.15, -0.1) is 6.58 Å². The van der Waals surface area contributed by atoms with E-state index in [4.69, 9.17) is 11.6 Å². The van der Waals surface area contributed by atoms with Crippen molar-refractivity contribution in [1.29, 1.82) is 0 Å². The monoisotopic (exact) mass is 303 g/mol. The number of carbonyl (C=O) groups excluding carboxylic acids is 1. The first kappa shape index (κ1) is 15.3. The van der Waals surface area contributed by atoms with Crippen LogP contribution in [-0.4, -0.2) is 22.0 Å². The van der Waals surface area contributed by atoms with E-state index in [2.05, 4.69) is 16.9 Å². The lowest BCUT2D eigenvalue weighted by Crippen LogP contribution is -2.30. The van der Waals surface area contributed by atoms with Gasteiger partial charge in [0.1, 0.15) is 0 Å². The first-order valence-corrected chi connectivity index (χ1v) is 7.19. The Morgan fingerprint density at radius 1 is 1.43 bits per heavy atom. The van der Waals surface area contributed by atoms with Crippen molar-refractivity contribution >= 4 is 17.5 Å². The third-order valence-corrected chi connectivity index (χ3v) is 3.46. The number of nitrogens with one attached hydrogen (secondary N) is 1. The zero-order valence-corrected chi connectivity index (χ0v) is 12.5. The zero-order chi connectivity index (χ0) is 15.1. The molecule has 0 aliphatic carbocycles. The molecule has 0 spiro atoms. The van der Waals surface area contributed by atoms with E-state index in [9.17, 15) is 4.79 Å². The van der Waals surface area contributed by atoms with Gasteiger partial charge in [0.15, 0.2) is 0 Å². The predicted octanol–water partition coefficient (Wildman–Crippen LogP) is 3.21. The SMILES string of the molecule is C=CCCC(=O)NC[C@H](c1ccc(Cl)cc1)n1ccnc1. The summed E-state index contributed by atoms with van der Waals surface area (Å²) >= 11 is 5.93. The Morgan fingerprint density at radius 2 is 2.19 bits per heavy atom. The number of hydrogen-bond donors (Lipinski definition) is 1. The van der Waals surface area contributed by atoms with Gasteiger partial charge in [-0.25, -0.2) is 4.98 Å². The van der Waals surface area contributed by atoms with Gasteiger partial charge in [0.25, 0.3) is 0 Å². The summed E-state index contributed by atoms with van der Waals surface area (Å²) in [6.07, 6.45) is 8.24. The normalized spacial score (nSPS) is 11.9. The molecule has 110 valence electrons. The third kappa shape index (κ3) is 4.46. The maximum Gasteiger partial charge on any atom is 0.220 e. The van der Waals surface area contributed by atoms with Crippen LogP contribution in [-0.2, 0) is 4.79 Å². The molecule has 0 bridgehead atoms. The molecule has 1 N–H and O–H groups in total. The molecule has 2 aromatic rings. The van der Waals surface area contributed by atoms with Crippen LogP contribution in [0, 0.1) is 0 Å².